The molecule has 2 aromatic rings. The molecule has 1 aromatic carbocycles. The van der Waals surface area contributed by atoms with E-state index in [0.717, 1.165) is 5.56 Å². The third-order valence-electron chi connectivity index (χ3n) is 2.70. The van der Waals surface area contributed by atoms with Crippen LogP contribution in [0.5, 0.6) is 0 Å². The summed E-state index contributed by atoms with van der Waals surface area (Å²) >= 11 is 0. The maximum atomic E-state index is 5.25. The lowest BCUT2D eigenvalue weighted by Gasteiger charge is -2.01. The van der Waals surface area contributed by atoms with Gasteiger partial charge in [0, 0.05) is 5.56 Å². The Morgan fingerprint density at radius 3 is 2.56 bits per heavy atom. The van der Waals surface area contributed by atoms with Gasteiger partial charge in [-0.05, 0) is 30.5 Å². The number of hydrogen-bond acceptors (Lipinski definition) is 2. The summed E-state index contributed by atoms with van der Waals surface area (Å²) in [5.74, 6) is 0.695. The number of aryl methyl sites for hydroxylation is 1. The van der Waals surface area contributed by atoms with Gasteiger partial charge in [-0.25, -0.2) is 4.98 Å². The van der Waals surface area contributed by atoms with Crippen molar-refractivity contribution in [2.24, 2.45) is 0 Å². The first-order valence-corrected chi connectivity index (χ1v) is 5.89. The number of aromatic nitrogens is 1. The van der Waals surface area contributed by atoms with Crippen LogP contribution in [0.1, 0.15) is 31.7 Å². The number of oxazole rings is 1. The van der Waals surface area contributed by atoms with Crippen LogP contribution in [0, 0.1) is 0 Å². The Kier molecular flexibility index (Phi) is 3.76. The molecular formula is C14H17NO. The molecule has 0 aliphatic carbocycles. The molecule has 2 rings (SSSR count). The summed E-state index contributed by atoms with van der Waals surface area (Å²) in [7, 11) is 0. The highest BCUT2D eigenvalue weighted by atomic mass is 16.3. The van der Waals surface area contributed by atoms with Gasteiger partial charge in [-0.3, -0.25) is 0 Å². The normalized spacial score (nSPS) is 10.6. The van der Waals surface area contributed by atoms with Crippen LogP contribution in [0.3, 0.4) is 0 Å². The number of rotatable bonds is 5. The minimum absolute atomic E-state index is 0.695. The maximum Gasteiger partial charge on any atom is 0.225 e. The number of benzene rings is 1. The summed E-state index contributed by atoms with van der Waals surface area (Å²) in [6.07, 6.45) is 8.29. The zero-order valence-corrected chi connectivity index (χ0v) is 9.65. The molecule has 2 nitrogen and oxygen atoms in total. The molecule has 2 heteroatoms. The maximum absolute atomic E-state index is 5.25. The van der Waals surface area contributed by atoms with Gasteiger partial charge < -0.3 is 4.42 Å². The highest BCUT2D eigenvalue weighted by Crippen LogP contribution is 2.18. The van der Waals surface area contributed by atoms with Gasteiger partial charge in [0.25, 0.3) is 0 Å². The molecule has 0 fully saturated rings. The molecule has 1 aromatic heterocycles. The molecule has 0 spiro atoms. The largest absolute Gasteiger partial charge is 0.445 e. The number of nitrogens with zero attached hydrogens (tertiary/aromatic N) is 1. The van der Waals surface area contributed by atoms with Crippen molar-refractivity contribution in [1.82, 2.24) is 4.98 Å². The van der Waals surface area contributed by atoms with Crippen LogP contribution in [0.2, 0.25) is 0 Å². The fraction of sp³-hybridized carbons (Fsp3) is 0.357. The highest BCUT2D eigenvalue weighted by molar-refractivity contribution is 5.53. The van der Waals surface area contributed by atoms with Gasteiger partial charge in [0.2, 0.25) is 5.89 Å². The average Bonchev–Trinajstić information content (AvgIpc) is 2.84. The SMILES string of the molecule is CCCCCc1ccc(-c2ncco2)cc1. The molecule has 16 heavy (non-hydrogen) atoms. The molecular weight excluding hydrogens is 198 g/mol. The van der Waals surface area contributed by atoms with Gasteiger partial charge in [0.05, 0.1) is 6.20 Å². The van der Waals surface area contributed by atoms with Crippen molar-refractivity contribution in [3.63, 3.8) is 0 Å². The van der Waals surface area contributed by atoms with E-state index in [1.54, 1.807) is 12.5 Å². The average molecular weight is 215 g/mol. The van der Waals surface area contributed by atoms with E-state index in [0.29, 0.717) is 5.89 Å². The predicted octanol–water partition coefficient (Wildman–Crippen LogP) is 4.07. The van der Waals surface area contributed by atoms with Gasteiger partial charge in [-0.15, -0.1) is 0 Å². The predicted molar refractivity (Wildman–Crippen MR) is 65.2 cm³/mol. The molecule has 0 unspecified atom stereocenters. The fourth-order valence-corrected chi connectivity index (χ4v) is 1.76. The number of hydrogen-bond donors (Lipinski definition) is 0. The van der Waals surface area contributed by atoms with E-state index in [-0.39, 0.29) is 0 Å². The Morgan fingerprint density at radius 1 is 1.12 bits per heavy atom. The Balaban J connectivity index is 2.00. The summed E-state index contributed by atoms with van der Waals surface area (Å²) in [5.41, 5.74) is 2.44. The lowest BCUT2D eigenvalue weighted by Crippen LogP contribution is -1.85. The summed E-state index contributed by atoms with van der Waals surface area (Å²) < 4.78 is 5.25. The molecule has 0 amide bonds. The van der Waals surface area contributed by atoms with Gasteiger partial charge in [0.1, 0.15) is 6.26 Å². The van der Waals surface area contributed by atoms with E-state index < -0.39 is 0 Å². The lowest BCUT2D eigenvalue weighted by atomic mass is 10.1. The zero-order chi connectivity index (χ0) is 11.2. The van der Waals surface area contributed by atoms with E-state index in [4.69, 9.17) is 4.42 Å². The second-order valence-corrected chi connectivity index (χ2v) is 3.99. The summed E-state index contributed by atoms with van der Waals surface area (Å²) in [5, 5.41) is 0. The van der Waals surface area contributed by atoms with Crippen LogP contribution in [-0.4, -0.2) is 4.98 Å². The van der Waals surface area contributed by atoms with E-state index in [1.165, 1.54) is 31.2 Å². The molecule has 0 saturated heterocycles. The first-order chi connectivity index (χ1) is 7.90. The molecule has 0 radical (unpaired) electrons. The van der Waals surface area contributed by atoms with Crippen LogP contribution in [-0.2, 0) is 6.42 Å². The topological polar surface area (TPSA) is 26.0 Å². The Bertz CT molecular complexity index is 403. The van der Waals surface area contributed by atoms with Crippen LogP contribution < -0.4 is 0 Å². The first-order valence-electron chi connectivity index (χ1n) is 5.89. The summed E-state index contributed by atoms with van der Waals surface area (Å²) in [6, 6.07) is 8.48. The van der Waals surface area contributed by atoms with Crippen molar-refractivity contribution in [3.8, 4) is 11.5 Å². The van der Waals surface area contributed by atoms with Crippen LogP contribution in [0.4, 0.5) is 0 Å². The van der Waals surface area contributed by atoms with E-state index in [2.05, 4.69) is 36.2 Å². The molecule has 0 atom stereocenters. The quantitative estimate of drug-likeness (QED) is 0.702. The van der Waals surface area contributed by atoms with Crippen molar-refractivity contribution >= 4 is 0 Å². The van der Waals surface area contributed by atoms with Crippen molar-refractivity contribution < 1.29 is 4.42 Å². The molecule has 0 saturated carbocycles. The second-order valence-electron chi connectivity index (χ2n) is 3.99. The third kappa shape index (κ3) is 2.72. The molecule has 0 aliphatic heterocycles. The van der Waals surface area contributed by atoms with Crippen LogP contribution >= 0.6 is 0 Å². The van der Waals surface area contributed by atoms with E-state index in [9.17, 15) is 0 Å². The molecule has 84 valence electrons. The first kappa shape index (κ1) is 10.9. The molecule has 0 aliphatic rings. The van der Waals surface area contributed by atoms with Gasteiger partial charge in [-0.1, -0.05) is 31.9 Å². The smallest absolute Gasteiger partial charge is 0.225 e. The van der Waals surface area contributed by atoms with Crippen molar-refractivity contribution in [2.75, 3.05) is 0 Å². The second kappa shape index (κ2) is 5.50. The third-order valence-corrected chi connectivity index (χ3v) is 2.70. The van der Waals surface area contributed by atoms with Crippen LogP contribution in [0.15, 0.2) is 41.1 Å². The van der Waals surface area contributed by atoms with E-state index >= 15 is 0 Å². The minimum Gasteiger partial charge on any atom is -0.445 e. The Hall–Kier alpha value is -1.57. The number of unbranched alkanes of at least 4 members (excludes halogenated alkanes) is 2. The Labute approximate surface area is 96.3 Å². The standard InChI is InChI=1S/C14H17NO/c1-2-3-4-5-12-6-8-13(9-7-12)14-15-10-11-16-14/h6-11H,2-5H2,1H3. The van der Waals surface area contributed by atoms with Gasteiger partial charge in [0.15, 0.2) is 0 Å². The van der Waals surface area contributed by atoms with Crippen LogP contribution in [0.25, 0.3) is 11.5 Å². The lowest BCUT2D eigenvalue weighted by molar-refractivity contribution is 0.574. The summed E-state index contributed by atoms with van der Waals surface area (Å²) in [4.78, 5) is 4.12. The highest BCUT2D eigenvalue weighted by Gasteiger charge is 2.01. The monoisotopic (exact) mass is 215 g/mol. The van der Waals surface area contributed by atoms with Gasteiger partial charge >= 0.3 is 0 Å². The van der Waals surface area contributed by atoms with E-state index in [1.807, 2.05) is 0 Å². The molecule has 1 heterocycles. The van der Waals surface area contributed by atoms with Crippen molar-refractivity contribution in [2.45, 2.75) is 32.6 Å². The molecule has 0 N–H and O–H groups in total. The summed E-state index contributed by atoms with van der Waals surface area (Å²) in [6.45, 7) is 2.23. The van der Waals surface area contributed by atoms with Gasteiger partial charge in [-0.2, -0.15) is 0 Å². The molecule has 0 bridgehead atoms. The minimum atomic E-state index is 0.695. The van der Waals surface area contributed by atoms with Crippen molar-refractivity contribution in [1.29, 1.82) is 0 Å². The zero-order valence-electron chi connectivity index (χ0n) is 9.65. The Morgan fingerprint density at radius 2 is 1.94 bits per heavy atom. The van der Waals surface area contributed by atoms with Crippen molar-refractivity contribution in [3.05, 3.63) is 42.3 Å². The fourth-order valence-electron chi connectivity index (χ4n) is 1.76.